The van der Waals surface area contributed by atoms with Gasteiger partial charge in [0.25, 0.3) is 0 Å². The van der Waals surface area contributed by atoms with Crippen molar-refractivity contribution in [3.8, 4) is 11.5 Å². The van der Waals surface area contributed by atoms with Crippen molar-refractivity contribution in [1.29, 1.82) is 0 Å². The lowest BCUT2D eigenvalue weighted by Gasteiger charge is -2.16. The van der Waals surface area contributed by atoms with Crippen LogP contribution in [0.25, 0.3) is 0 Å². The molecule has 1 rings (SSSR count). The summed E-state index contributed by atoms with van der Waals surface area (Å²) < 4.78 is 10.8. The van der Waals surface area contributed by atoms with Crippen molar-refractivity contribution in [2.24, 2.45) is 0 Å². The van der Waals surface area contributed by atoms with Crippen molar-refractivity contribution < 1.29 is 24.2 Å². The van der Waals surface area contributed by atoms with Crippen LogP contribution in [-0.4, -0.2) is 30.2 Å². The fourth-order valence-corrected chi connectivity index (χ4v) is 1.54. The fraction of sp³-hybridized carbons (Fsp3) is 0.200. The number of aromatic carboxylic acids is 1. The Morgan fingerprint density at radius 2 is 1.67 bits per heavy atom. The largest absolute Gasteiger partial charge is 0.487 e. The van der Waals surface area contributed by atoms with E-state index in [2.05, 4.69) is 18.5 Å². The first-order chi connectivity index (χ1) is 9.99. The number of hydrogen-bond acceptors (Lipinski definition) is 4. The van der Waals surface area contributed by atoms with Crippen LogP contribution < -0.4 is 14.8 Å². The Bertz CT molecular complexity index is 532. The van der Waals surface area contributed by atoms with Crippen molar-refractivity contribution in [3.63, 3.8) is 0 Å². The summed E-state index contributed by atoms with van der Waals surface area (Å²) in [5.41, 5.74) is 0.262. The molecule has 0 aliphatic rings. The fourth-order valence-electron chi connectivity index (χ4n) is 1.54. The van der Waals surface area contributed by atoms with Gasteiger partial charge in [0.15, 0.2) is 0 Å². The topological polar surface area (TPSA) is 84.9 Å². The Hall–Kier alpha value is -2.76. The minimum Gasteiger partial charge on any atom is -0.487 e. The first-order valence-corrected chi connectivity index (χ1v) is 6.16. The molecule has 21 heavy (non-hydrogen) atoms. The summed E-state index contributed by atoms with van der Waals surface area (Å²) in [6.45, 7) is 8.70. The van der Waals surface area contributed by atoms with Gasteiger partial charge in [-0.3, -0.25) is 4.79 Å². The molecule has 1 aromatic carbocycles. The molecule has 0 fully saturated rings. The Balaban J connectivity index is 3.34. The second kappa shape index (κ2) is 7.74. The highest BCUT2D eigenvalue weighted by Crippen LogP contribution is 2.36. The van der Waals surface area contributed by atoms with Gasteiger partial charge in [-0.2, -0.15) is 0 Å². The van der Waals surface area contributed by atoms with Crippen LogP contribution in [0, 0.1) is 0 Å². The molecule has 2 N–H and O–H groups in total. The number of carbonyl (C=O) groups excluding carboxylic acids is 1. The van der Waals surface area contributed by atoms with Gasteiger partial charge in [-0.05, 0) is 12.1 Å². The molecular weight excluding hydrogens is 274 g/mol. The first kappa shape index (κ1) is 16.3. The van der Waals surface area contributed by atoms with Gasteiger partial charge in [-0.25, -0.2) is 4.79 Å². The van der Waals surface area contributed by atoms with Crippen LogP contribution in [0.4, 0.5) is 5.69 Å². The van der Waals surface area contributed by atoms with Gasteiger partial charge in [0.2, 0.25) is 5.91 Å². The summed E-state index contributed by atoms with van der Waals surface area (Å²) in [6.07, 6.45) is 3.02. The van der Waals surface area contributed by atoms with Crippen LogP contribution in [0.5, 0.6) is 11.5 Å². The highest BCUT2D eigenvalue weighted by molar-refractivity contribution is 5.96. The Morgan fingerprint density at radius 3 is 2.00 bits per heavy atom. The number of rotatable bonds is 8. The Labute approximate surface area is 122 Å². The number of carboxylic acids is 1. The number of anilines is 1. The smallest absolute Gasteiger partial charge is 0.335 e. The van der Waals surface area contributed by atoms with E-state index in [9.17, 15) is 9.59 Å². The van der Waals surface area contributed by atoms with Gasteiger partial charge in [-0.15, -0.1) is 0 Å². The van der Waals surface area contributed by atoms with Crippen molar-refractivity contribution in [3.05, 3.63) is 43.0 Å². The van der Waals surface area contributed by atoms with Gasteiger partial charge in [-0.1, -0.05) is 25.3 Å². The number of carbonyl (C=O) groups is 2. The molecule has 0 saturated heterocycles. The zero-order valence-corrected chi connectivity index (χ0v) is 11.7. The second-order valence-electron chi connectivity index (χ2n) is 4.03. The van der Waals surface area contributed by atoms with E-state index in [1.54, 1.807) is 0 Å². The summed E-state index contributed by atoms with van der Waals surface area (Å²) in [5, 5.41) is 11.7. The van der Waals surface area contributed by atoms with Gasteiger partial charge in [0.05, 0.1) is 5.56 Å². The van der Waals surface area contributed by atoms with Crippen LogP contribution in [0.1, 0.15) is 17.3 Å². The van der Waals surface area contributed by atoms with E-state index >= 15 is 0 Å². The molecule has 0 heterocycles. The van der Waals surface area contributed by atoms with Gasteiger partial charge < -0.3 is 19.9 Å². The van der Waals surface area contributed by atoms with Gasteiger partial charge >= 0.3 is 5.97 Å². The highest BCUT2D eigenvalue weighted by Gasteiger charge is 2.17. The quantitative estimate of drug-likeness (QED) is 0.719. The lowest BCUT2D eigenvalue weighted by Crippen LogP contribution is -2.11. The molecule has 0 saturated carbocycles. The number of nitrogens with one attached hydrogen (secondary N) is 1. The maximum Gasteiger partial charge on any atom is 0.335 e. The summed E-state index contributed by atoms with van der Waals surface area (Å²) in [5.74, 6) is -1.06. The van der Waals surface area contributed by atoms with Crippen molar-refractivity contribution in [2.75, 3.05) is 18.5 Å². The second-order valence-corrected chi connectivity index (χ2v) is 4.03. The molecule has 1 amide bonds. The maximum atomic E-state index is 11.3. The van der Waals surface area contributed by atoms with Crippen LogP contribution in [0.15, 0.2) is 37.4 Å². The van der Waals surface area contributed by atoms with E-state index in [4.69, 9.17) is 14.6 Å². The van der Waals surface area contributed by atoms with E-state index < -0.39 is 5.97 Å². The molecule has 6 heteroatoms. The van der Waals surface area contributed by atoms with E-state index in [0.717, 1.165) is 0 Å². The molecule has 0 spiro atoms. The average Bonchev–Trinajstić information content (AvgIpc) is 2.43. The molecule has 0 atom stereocenters. The minimum atomic E-state index is -1.13. The van der Waals surface area contributed by atoms with Crippen molar-refractivity contribution in [1.82, 2.24) is 0 Å². The van der Waals surface area contributed by atoms with E-state index in [-0.39, 0.29) is 41.9 Å². The van der Waals surface area contributed by atoms with E-state index in [1.165, 1.54) is 31.2 Å². The molecule has 0 radical (unpaired) electrons. The molecule has 6 nitrogen and oxygen atoms in total. The third-order valence-corrected chi connectivity index (χ3v) is 2.33. The number of ether oxygens (including phenoxy) is 2. The van der Waals surface area contributed by atoms with Crippen molar-refractivity contribution in [2.45, 2.75) is 6.92 Å². The molecule has 0 aliphatic heterocycles. The normalized spacial score (nSPS) is 9.57. The Kier molecular flexibility index (Phi) is 6.00. The number of benzene rings is 1. The van der Waals surface area contributed by atoms with Crippen LogP contribution in [-0.2, 0) is 4.79 Å². The van der Waals surface area contributed by atoms with Crippen LogP contribution in [0.2, 0.25) is 0 Å². The number of carboxylic acid groups (broad SMARTS) is 1. The predicted molar refractivity (Wildman–Crippen MR) is 79.1 cm³/mol. The molecule has 0 aliphatic carbocycles. The number of amides is 1. The molecule has 0 unspecified atom stereocenters. The van der Waals surface area contributed by atoms with Crippen molar-refractivity contribution >= 4 is 17.6 Å². The maximum absolute atomic E-state index is 11.3. The lowest BCUT2D eigenvalue weighted by molar-refractivity contribution is -0.114. The zero-order valence-electron chi connectivity index (χ0n) is 11.7. The predicted octanol–water partition coefficient (Wildman–Crippen LogP) is 2.47. The monoisotopic (exact) mass is 291 g/mol. The summed E-state index contributed by atoms with van der Waals surface area (Å²) in [4.78, 5) is 22.5. The molecule has 112 valence electrons. The molecular formula is C15H17NO5. The number of hydrogen-bond donors (Lipinski definition) is 2. The van der Waals surface area contributed by atoms with Crippen LogP contribution >= 0.6 is 0 Å². The third kappa shape index (κ3) is 4.68. The summed E-state index contributed by atoms with van der Waals surface area (Å²) in [7, 11) is 0. The average molecular weight is 291 g/mol. The minimum absolute atomic E-state index is 0.0118. The van der Waals surface area contributed by atoms with Gasteiger partial charge in [0, 0.05) is 6.92 Å². The summed E-state index contributed by atoms with van der Waals surface area (Å²) >= 11 is 0. The highest BCUT2D eigenvalue weighted by atomic mass is 16.5. The molecule has 0 aromatic heterocycles. The van der Waals surface area contributed by atoms with Gasteiger partial charge in [0.1, 0.15) is 30.4 Å². The SMILES string of the molecule is C=CCOc1cc(C(=O)O)cc(OCC=C)c1NC(C)=O. The zero-order chi connectivity index (χ0) is 15.8. The Morgan fingerprint density at radius 1 is 1.19 bits per heavy atom. The van der Waals surface area contributed by atoms with E-state index in [1.807, 2.05) is 0 Å². The molecule has 0 bridgehead atoms. The lowest BCUT2D eigenvalue weighted by atomic mass is 10.1. The third-order valence-electron chi connectivity index (χ3n) is 2.33. The summed E-state index contributed by atoms with van der Waals surface area (Å²) in [6, 6.07) is 2.63. The van der Waals surface area contributed by atoms with E-state index in [0.29, 0.717) is 0 Å². The standard InChI is InChI=1S/C15H17NO5/c1-4-6-20-12-8-11(15(18)19)9-13(21-7-5-2)14(12)16-10(3)17/h4-5,8-9H,1-2,6-7H2,3H3,(H,16,17)(H,18,19). The van der Waals surface area contributed by atoms with Crippen LogP contribution in [0.3, 0.4) is 0 Å². The molecule has 1 aromatic rings. The first-order valence-electron chi connectivity index (χ1n) is 6.16.